The summed E-state index contributed by atoms with van der Waals surface area (Å²) >= 11 is 0. The molecule has 0 aliphatic carbocycles. The molecule has 1 fully saturated rings. The van der Waals surface area contributed by atoms with Crippen LogP contribution >= 0.6 is 0 Å². The Bertz CT molecular complexity index is 755. The molecule has 0 N–H and O–H groups in total. The molecule has 0 amide bonds. The Kier molecular flexibility index (Phi) is 3.71. The zero-order chi connectivity index (χ0) is 15.5. The largest absolute Gasteiger partial charge is 0.339 e. The second-order valence-corrected chi connectivity index (χ2v) is 5.85. The van der Waals surface area contributed by atoms with Gasteiger partial charge in [-0.1, -0.05) is 29.4 Å². The van der Waals surface area contributed by atoms with Crippen LogP contribution in [-0.4, -0.2) is 38.3 Å². The number of pyridine rings is 1. The maximum Gasteiger partial charge on any atom is 0.250 e. The molecule has 0 saturated carbocycles. The van der Waals surface area contributed by atoms with Crippen molar-refractivity contribution in [3.8, 4) is 5.69 Å². The van der Waals surface area contributed by atoms with Gasteiger partial charge >= 0.3 is 0 Å². The third kappa shape index (κ3) is 2.92. The summed E-state index contributed by atoms with van der Waals surface area (Å²) in [5.41, 5.74) is 2.14. The van der Waals surface area contributed by atoms with E-state index in [0.29, 0.717) is 5.92 Å². The van der Waals surface area contributed by atoms with Crippen LogP contribution in [0.1, 0.15) is 12.1 Å². The summed E-state index contributed by atoms with van der Waals surface area (Å²) in [6.45, 7) is 1.94. The molecule has 6 heteroatoms. The van der Waals surface area contributed by atoms with Gasteiger partial charge in [0.15, 0.2) is 0 Å². The lowest BCUT2D eigenvalue weighted by molar-refractivity contribution is 0.576. The van der Waals surface area contributed by atoms with Gasteiger partial charge in [0.25, 0.3) is 0 Å². The molecule has 1 atom stereocenters. The van der Waals surface area contributed by atoms with Gasteiger partial charge < -0.3 is 4.90 Å². The van der Waals surface area contributed by atoms with Gasteiger partial charge in [-0.25, -0.2) is 0 Å². The molecule has 2 aromatic heterocycles. The summed E-state index contributed by atoms with van der Waals surface area (Å²) in [5.74, 6) is 1.41. The van der Waals surface area contributed by atoms with Gasteiger partial charge in [0.2, 0.25) is 5.95 Å². The number of anilines is 1. The van der Waals surface area contributed by atoms with Crippen molar-refractivity contribution in [3.63, 3.8) is 0 Å². The molecule has 1 unspecified atom stereocenters. The van der Waals surface area contributed by atoms with Crippen LogP contribution in [0.3, 0.4) is 0 Å². The van der Waals surface area contributed by atoms with E-state index in [-0.39, 0.29) is 0 Å². The first-order chi connectivity index (χ1) is 11.4. The summed E-state index contributed by atoms with van der Waals surface area (Å²) in [5, 5.41) is 12.2. The molecule has 0 radical (unpaired) electrons. The molecule has 1 aromatic carbocycles. The Morgan fingerprint density at radius 1 is 1.04 bits per heavy atom. The van der Waals surface area contributed by atoms with E-state index in [0.717, 1.165) is 43.3 Å². The van der Waals surface area contributed by atoms with E-state index < -0.39 is 0 Å². The third-order valence-electron chi connectivity index (χ3n) is 4.25. The van der Waals surface area contributed by atoms with Crippen LogP contribution in [0.2, 0.25) is 0 Å². The molecule has 1 aliphatic heterocycles. The third-order valence-corrected chi connectivity index (χ3v) is 4.25. The van der Waals surface area contributed by atoms with Crippen LogP contribution < -0.4 is 4.90 Å². The zero-order valence-corrected chi connectivity index (χ0v) is 12.8. The molecular formula is C17H18N6. The SMILES string of the molecule is c1ccc(-n2nnnc2N2CCC(Cc3ccccn3)C2)cc1. The van der Waals surface area contributed by atoms with Crippen molar-refractivity contribution in [2.75, 3.05) is 18.0 Å². The normalized spacial score (nSPS) is 17.6. The molecule has 6 nitrogen and oxygen atoms in total. The molecule has 0 bridgehead atoms. The highest BCUT2D eigenvalue weighted by Gasteiger charge is 2.27. The molecule has 23 heavy (non-hydrogen) atoms. The summed E-state index contributed by atoms with van der Waals surface area (Å²) < 4.78 is 1.81. The molecule has 116 valence electrons. The fourth-order valence-electron chi connectivity index (χ4n) is 3.11. The lowest BCUT2D eigenvalue weighted by Gasteiger charge is -2.17. The van der Waals surface area contributed by atoms with Gasteiger partial charge in [0.05, 0.1) is 5.69 Å². The topological polar surface area (TPSA) is 59.7 Å². The fraction of sp³-hybridized carbons (Fsp3) is 0.294. The quantitative estimate of drug-likeness (QED) is 0.739. The summed E-state index contributed by atoms with van der Waals surface area (Å²) in [6, 6.07) is 16.1. The zero-order valence-electron chi connectivity index (χ0n) is 12.8. The van der Waals surface area contributed by atoms with Crippen molar-refractivity contribution < 1.29 is 0 Å². The number of hydrogen-bond donors (Lipinski definition) is 0. The van der Waals surface area contributed by atoms with Crippen molar-refractivity contribution in [2.45, 2.75) is 12.8 Å². The molecule has 1 aliphatic rings. The van der Waals surface area contributed by atoms with Gasteiger partial charge in [-0.3, -0.25) is 4.98 Å². The number of rotatable bonds is 4. The van der Waals surface area contributed by atoms with E-state index in [1.165, 1.54) is 0 Å². The smallest absolute Gasteiger partial charge is 0.250 e. The second-order valence-electron chi connectivity index (χ2n) is 5.85. The van der Waals surface area contributed by atoms with Gasteiger partial charge in [0.1, 0.15) is 0 Å². The molecule has 0 spiro atoms. The predicted octanol–water partition coefficient (Wildman–Crippen LogP) is 2.13. The lowest BCUT2D eigenvalue weighted by atomic mass is 10.0. The number of para-hydroxylation sites is 1. The van der Waals surface area contributed by atoms with Gasteiger partial charge in [-0.05, 0) is 53.5 Å². The number of benzene rings is 1. The van der Waals surface area contributed by atoms with Crippen molar-refractivity contribution in [1.82, 2.24) is 25.2 Å². The fourth-order valence-corrected chi connectivity index (χ4v) is 3.11. The lowest BCUT2D eigenvalue weighted by Crippen LogP contribution is -2.24. The van der Waals surface area contributed by atoms with E-state index in [4.69, 9.17) is 0 Å². The molecular weight excluding hydrogens is 288 g/mol. The average molecular weight is 306 g/mol. The number of tetrazole rings is 1. The van der Waals surface area contributed by atoms with Crippen LogP contribution in [0.4, 0.5) is 5.95 Å². The standard InChI is InChI=1S/C17H18N6/c1-2-7-16(8-3-1)23-17(19-20-21-23)22-11-9-14(13-22)12-15-6-4-5-10-18-15/h1-8,10,14H,9,11-13H2. The Morgan fingerprint density at radius 2 is 1.91 bits per heavy atom. The average Bonchev–Trinajstić information content (AvgIpc) is 3.25. The molecule has 3 aromatic rings. The summed E-state index contributed by atoms with van der Waals surface area (Å²) in [4.78, 5) is 6.70. The van der Waals surface area contributed by atoms with Gasteiger partial charge in [-0.2, -0.15) is 4.68 Å². The van der Waals surface area contributed by atoms with Gasteiger partial charge in [0, 0.05) is 25.0 Å². The van der Waals surface area contributed by atoms with Crippen LogP contribution in [0.25, 0.3) is 5.69 Å². The summed E-state index contributed by atoms with van der Waals surface area (Å²) in [7, 11) is 0. The first-order valence-corrected chi connectivity index (χ1v) is 7.89. The van der Waals surface area contributed by atoms with E-state index >= 15 is 0 Å². The van der Waals surface area contributed by atoms with Crippen molar-refractivity contribution in [3.05, 3.63) is 60.4 Å². The highest BCUT2D eigenvalue weighted by Crippen LogP contribution is 2.25. The molecule has 4 rings (SSSR count). The maximum absolute atomic E-state index is 4.43. The molecule has 3 heterocycles. The predicted molar refractivity (Wildman–Crippen MR) is 87.4 cm³/mol. The van der Waals surface area contributed by atoms with Crippen LogP contribution in [0.5, 0.6) is 0 Å². The van der Waals surface area contributed by atoms with Gasteiger partial charge in [-0.15, -0.1) is 0 Å². The van der Waals surface area contributed by atoms with Crippen molar-refractivity contribution >= 4 is 5.95 Å². The summed E-state index contributed by atoms with van der Waals surface area (Å²) in [6.07, 6.45) is 4.00. The number of nitrogens with zero attached hydrogens (tertiary/aromatic N) is 6. The first kappa shape index (κ1) is 13.9. The highest BCUT2D eigenvalue weighted by molar-refractivity contribution is 5.41. The van der Waals surface area contributed by atoms with Crippen molar-refractivity contribution in [2.24, 2.45) is 5.92 Å². The Morgan fingerprint density at radius 3 is 2.74 bits per heavy atom. The Balaban J connectivity index is 1.50. The van der Waals surface area contributed by atoms with Crippen LogP contribution in [0, 0.1) is 5.92 Å². The minimum Gasteiger partial charge on any atom is -0.339 e. The monoisotopic (exact) mass is 306 g/mol. The molecule has 1 saturated heterocycles. The van der Waals surface area contributed by atoms with E-state index in [1.54, 1.807) is 0 Å². The number of hydrogen-bond acceptors (Lipinski definition) is 5. The van der Waals surface area contributed by atoms with E-state index in [2.05, 4.69) is 31.5 Å². The van der Waals surface area contributed by atoms with Crippen molar-refractivity contribution in [1.29, 1.82) is 0 Å². The Hall–Kier alpha value is -2.76. The minimum atomic E-state index is 0.589. The number of aromatic nitrogens is 5. The minimum absolute atomic E-state index is 0.589. The first-order valence-electron chi connectivity index (χ1n) is 7.89. The second kappa shape index (κ2) is 6.16. The van der Waals surface area contributed by atoms with E-state index in [1.807, 2.05) is 53.3 Å². The highest BCUT2D eigenvalue weighted by atomic mass is 15.6. The van der Waals surface area contributed by atoms with Crippen LogP contribution in [-0.2, 0) is 6.42 Å². The van der Waals surface area contributed by atoms with E-state index in [9.17, 15) is 0 Å². The Labute approximate surface area is 134 Å². The van der Waals surface area contributed by atoms with Crippen LogP contribution in [0.15, 0.2) is 54.7 Å². The maximum atomic E-state index is 4.43.